The van der Waals surface area contributed by atoms with Gasteiger partial charge in [0, 0.05) is 16.7 Å². The zero-order valence-electron chi connectivity index (χ0n) is 6.92. The monoisotopic (exact) mass is 229 g/mol. The van der Waals surface area contributed by atoms with Crippen LogP contribution in [0, 0.1) is 0 Å². The van der Waals surface area contributed by atoms with Crippen LogP contribution in [0.3, 0.4) is 0 Å². The van der Waals surface area contributed by atoms with E-state index >= 15 is 0 Å². The number of halogens is 1. The smallest absolute Gasteiger partial charge is 0.123 e. The highest BCUT2D eigenvalue weighted by molar-refractivity contribution is 9.10. The fourth-order valence-electron chi connectivity index (χ4n) is 0.975. The molecule has 4 N–H and O–H groups in total. The molecule has 1 rings (SSSR count). The van der Waals surface area contributed by atoms with Gasteiger partial charge < -0.3 is 11.5 Å². The molecule has 0 bridgehead atoms. The first-order chi connectivity index (χ1) is 5.65. The lowest BCUT2D eigenvalue weighted by atomic mass is 10.1. The van der Waals surface area contributed by atoms with E-state index in [1.807, 2.05) is 6.92 Å². The molecule has 0 aromatic carbocycles. The Labute approximate surface area is 80.3 Å². The summed E-state index contributed by atoms with van der Waals surface area (Å²) in [6.45, 7) is 2.04. The Morgan fingerprint density at radius 1 is 1.67 bits per heavy atom. The third-order valence-electron chi connectivity index (χ3n) is 1.75. The van der Waals surface area contributed by atoms with Crippen LogP contribution in [-0.4, -0.2) is 4.98 Å². The molecule has 0 fully saturated rings. The van der Waals surface area contributed by atoms with Crippen molar-refractivity contribution in [2.24, 2.45) is 5.73 Å². The highest BCUT2D eigenvalue weighted by atomic mass is 79.9. The summed E-state index contributed by atoms with van der Waals surface area (Å²) in [5, 5.41) is 0. The van der Waals surface area contributed by atoms with Gasteiger partial charge in [-0.15, -0.1) is 0 Å². The Hall–Kier alpha value is -0.610. The van der Waals surface area contributed by atoms with Crippen molar-refractivity contribution < 1.29 is 0 Å². The molecule has 0 aliphatic rings. The van der Waals surface area contributed by atoms with Crippen LogP contribution in [0.2, 0.25) is 0 Å². The largest absolute Gasteiger partial charge is 0.384 e. The molecule has 3 nitrogen and oxygen atoms in total. The van der Waals surface area contributed by atoms with E-state index in [0.29, 0.717) is 5.82 Å². The standard InChI is InChI=1S/C8H12BrN3/c1-2-7(10)5-3-8(11)12-4-6(5)9/h3-4,7H,2,10H2,1H3,(H2,11,12)/t7-/m0/s1. The third kappa shape index (κ3) is 1.95. The van der Waals surface area contributed by atoms with Gasteiger partial charge in [0.05, 0.1) is 0 Å². The molecule has 1 aromatic heterocycles. The van der Waals surface area contributed by atoms with Gasteiger partial charge in [-0.2, -0.15) is 0 Å². The Balaban J connectivity index is 3.04. The Morgan fingerprint density at radius 2 is 2.33 bits per heavy atom. The zero-order valence-corrected chi connectivity index (χ0v) is 8.51. The second kappa shape index (κ2) is 3.87. The number of hydrogen-bond donors (Lipinski definition) is 2. The third-order valence-corrected chi connectivity index (χ3v) is 2.41. The first-order valence-electron chi connectivity index (χ1n) is 3.81. The van der Waals surface area contributed by atoms with E-state index in [-0.39, 0.29) is 6.04 Å². The van der Waals surface area contributed by atoms with Gasteiger partial charge in [0.2, 0.25) is 0 Å². The molecule has 1 heterocycles. The molecule has 0 spiro atoms. The van der Waals surface area contributed by atoms with E-state index in [1.54, 1.807) is 12.3 Å². The summed E-state index contributed by atoms with van der Waals surface area (Å²) in [5.74, 6) is 0.511. The van der Waals surface area contributed by atoms with E-state index in [2.05, 4.69) is 20.9 Å². The number of pyridine rings is 1. The van der Waals surface area contributed by atoms with E-state index in [0.717, 1.165) is 16.5 Å². The Bertz CT molecular complexity index is 275. The highest BCUT2D eigenvalue weighted by Gasteiger charge is 2.07. The summed E-state index contributed by atoms with van der Waals surface area (Å²) < 4.78 is 0.922. The molecule has 0 saturated heterocycles. The van der Waals surface area contributed by atoms with Crippen molar-refractivity contribution in [2.75, 3.05) is 5.73 Å². The van der Waals surface area contributed by atoms with E-state index < -0.39 is 0 Å². The van der Waals surface area contributed by atoms with Crippen molar-refractivity contribution in [2.45, 2.75) is 19.4 Å². The molecule has 0 aliphatic carbocycles. The molecule has 0 radical (unpaired) electrons. The van der Waals surface area contributed by atoms with Crippen LogP contribution in [0.5, 0.6) is 0 Å². The van der Waals surface area contributed by atoms with Crippen LogP contribution in [0.25, 0.3) is 0 Å². The first kappa shape index (κ1) is 9.48. The molecular weight excluding hydrogens is 218 g/mol. The highest BCUT2D eigenvalue weighted by Crippen LogP contribution is 2.24. The van der Waals surface area contributed by atoms with E-state index in [1.165, 1.54) is 0 Å². The van der Waals surface area contributed by atoms with Crippen molar-refractivity contribution >= 4 is 21.7 Å². The average molecular weight is 230 g/mol. The molecule has 1 aromatic rings. The van der Waals surface area contributed by atoms with Gasteiger partial charge in [0.1, 0.15) is 5.82 Å². The lowest BCUT2D eigenvalue weighted by Gasteiger charge is -2.11. The van der Waals surface area contributed by atoms with E-state index in [9.17, 15) is 0 Å². The van der Waals surface area contributed by atoms with E-state index in [4.69, 9.17) is 11.5 Å². The lowest BCUT2D eigenvalue weighted by Crippen LogP contribution is -2.10. The van der Waals surface area contributed by atoms with Crippen molar-refractivity contribution in [3.8, 4) is 0 Å². The maximum atomic E-state index is 5.85. The van der Waals surface area contributed by atoms with Crippen molar-refractivity contribution in [1.82, 2.24) is 4.98 Å². The topological polar surface area (TPSA) is 64.9 Å². The van der Waals surface area contributed by atoms with Crippen molar-refractivity contribution in [1.29, 1.82) is 0 Å². The van der Waals surface area contributed by atoms with Gasteiger partial charge in [-0.25, -0.2) is 4.98 Å². The van der Waals surface area contributed by atoms with Crippen LogP contribution in [0.15, 0.2) is 16.7 Å². The predicted molar refractivity (Wildman–Crippen MR) is 53.6 cm³/mol. The minimum atomic E-state index is 0.0321. The van der Waals surface area contributed by atoms with Crippen LogP contribution in [0.4, 0.5) is 5.82 Å². The molecule has 4 heteroatoms. The lowest BCUT2D eigenvalue weighted by molar-refractivity contribution is 0.694. The summed E-state index contributed by atoms with van der Waals surface area (Å²) in [6.07, 6.45) is 2.57. The van der Waals surface area contributed by atoms with Gasteiger partial charge in [0.25, 0.3) is 0 Å². The molecule has 0 unspecified atom stereocenters. The molecule has 12 heavy (non-hydrogen) atoms. The van der Waals surface area contributed by atoms with Crippen LogP contribution in [0.1, 0.15) is 24.9 Å². The van der Waals surface area contributed by atoms with Crippen molar-refractivity contribution in [3.63, 3.8) is 0 Å². The second-order valence-corrected chi connectivity index (χ2v) is 3.50. The number of nitrogens with zero attached hydrogens (tertiary/aromatic N) is 1. The minimum Gasteiger partial charge on any atom is -0.384 e. The average Bonchev–Trinajstić information content (AvgIpc) is 2.08. The summed E-state index contributed by atoms with van der Waals surface area (Å²) in [4.78, 5) is 3.93. The Kier molecular flexibility index (Phi) is 3.05. The molecule has 0 amide bonds. The molecule has 66 valence electrons. The molecular formula is C8H12BrN3. The second-order valence-electron chi connectivity index (χ2n) is 2.65. The predicted octanol–water partition coefficient (Wildman–Crippen LogP) is 1.84. The number of anilines is 1. The molecule has 1 atom stereocenters. The number of nitrogens with two attached hydrogens (primary N) is 2. The minimum absolute atomic E-state index is 0.0321. The number of rotatable bonds is 2. The zero-order chi connectivity index (χ0) is 9.14. The summed E-state index contributed by atoms with van der Waals surface area (Å²) >= 11 is 3.37. The maximum absolute atomic E-state index is 5.85. The van der Waals surface area contributed by atoms with Gasteiger partial charge in [-0.05, 0) is 34.0 Å². The number of hydrogen-bond acceptors (Lipinski definition) is 3. The molecule has 0 aliphatic heterocycles. The Morgan fingerprint density at radius 3 is 2.92 bits per heavy atom. The maximum Gasteiger partial charge on any atom is 0.123 e. The fourth-order valence-corrected chi connectivity index (χ4v) is 1.49. The molecule has 0 saturated carbocycles. The van der Waals surface area contributed by atoms with Crippen LogP contribution in [-0.2, 0) is 0 Å². The van der Waals surface area contributed by atoms with Gasteiger partial charge in [-0.3, -0.25) is 0 Å². The fraction of sp³-hybridized carbons (Fsp3) is 0.375. The number of nitrogen functional groups attached to an aromatic ring is 1. The number of aromatic nitrogens is 1. The van der Waals surface area contributed by atoms with Crippen LogP contribution < -0.4 is 11.5 Å². The quantitative estimate of drug-likeness (QED) is 0.814. The summed E-state index contributed by atoms with van der Waals surface area (Å²) in [7, 11) is 0. The summed E-state index contributed by atoms with van der Waals surface area (Å²) in [6, 6.07) is 1.84. The summed E-state index contributed by atoms with van der Waals surface area (Å²) in [5.41, 5.74) is 12.4. The van der Waals surface area contributed by atoms with Crippen molar-refractivity contribution in [3.05, 3.63) is 22.3 Å². The van der Waals surface area contributed by atoms with Gasteiger partial charge in [0.15, 0.2) is 0 Å². The van der Waals surface area contributed by atoms with Gasteiger partial charge in [-0.1, -0.05) is 6.92 Å². The van der Waals surface area contributed by atoms with Gasteiger partial charge >= 0.3 is 0 Å². The first-order valence-corrected chi connectivity index (χ1v) is 4.61. The SMILES string of the molecule is CC[C@H](N)c1cc(N)ncc1Br. The normalized spacial score (nSPS) is 12.9. The van der Waals surface area contributed by atoms with Crippen LogP contribution >= 0.6 is 15.9 Å².